The maximum Gasteiger partial charge on any atom is 0.248 e. The largest absolute Gasteiger partial charge is 0.457 e. The van der Waals surface area contributed by atoms with E-state index in [4.69, 9.17) is 10.2 Å². The summed E-state index contributed by atoms with van der Waals surface area (Å²) in [6.07, 6.45) is 1.64. The van der Waals surface area contributed by atoms with Crippen LogP contribution in [0.5, 0.6) is 0 Å². The molecule has 2 aromatic carbocycles. The van der Waals surface area contributed by atoms with E-state index >= 15 is 0 Å². The Balaban J connectivity index is 1.65. The number of aromatic nitrogens is 2. The SMILES string of the molecule is Cc1ccc2nc(C(C#N)=Cc3ccc(-c4ccc(C(N)=O)cc4)o3)[nH]c2c1. The number of rotatable bonds is 4. The monoisotopic (exact) mass is 368 g/mol. The fourth-order valence-electron chi connectivity index (χ4n) is 2.93. The molecule has 1 amide bonds. The van der Waals surface area contributed by atoms with Crippen LogP contribution in [0.1, 0.15) is 27.5 Å². The molecular formula is C22H16N4O2. The summed E-state index contributed by atoms with van der Waals surface area (Å²) in [7, 11) is 0. The van der Waals surface area contributed by atoms with Gasteiger partial charge < -0.3 is 15.1 Å². The number of carbonyl (C=O) groups excluding carboxylic acids is 1. The summed E-state index contributed by atoms with van der Waals surface area (Å²) in [5.74, 6) is 1.17. The van der Waals surface area contributed by atoms with Gasteiger partial charge in [0.05, 0.1) is 16.6 Å². The molecule has 6 heteroatoms. The van der Waals surface area contributed by atoms with Crippen LogP contribution in [0.15, 0.2) is 59.0 Å². The molecule has 0 saturated heterocycles. The zero-order chi connectivity index (χ0) is 19.7. The van der Waals surface area contributed by atoms with Crippen LogP contribution in [0.3, 0.4) is 0 Å². The van der Waals surface area contributed by atoms with Crippen molar-refractivity contribution in [2.24, 2.45) is 5.73 Å². The predicted molar refractivity (Wildman–Crippen MR) is 107 cm³/mol. The number of carbonyl (C=O) groups is 1. The smallest absolute Gasteiger partial charge is 0.248 e. The van der Waals surface area contributed by atoms with Gasteiger partial charge in [0.1, 0.15) is 23.4 Å². The van der Waals surface area contributed by atoms with Crippen molar-refractivity contribution < 1.29 is 9.21 Å². The van der Waals surface area contributed by atoms with E-state index in [2.05, 4.69) is 16.0 Å². The molecule has 4 rings (SSSR count). The molecule has 0 aliphatic carbocycles. The van der Waals surface area contributed by atoms with Crippen molar-refractivity contribution >= 4 is 28.6 Å². The standard InChI is InChI=1S/C22H16N4O2/c1-13-2-8-18-19(10-13)26-22(25-18)16(12-23)11-17-7-9-20(28-17)14-3-5-15(6-4-14)21(24)27/h2-11H,1H3,(H2,24,27)(H,25,26). The zero-order valence-corrected chi connectivity index (χ0v) is 15.1. The second kappa shape index (κ2) is 6.89. The van der Waals surface area contributed by atoms with Crippen molar-refractivity contribution in [1.29, 1.82) is 5.26 Å². The Bertz CT molecular complexity index is 1250. The Kier molecular flexibility index (Phi) is 4.26. The maximum absolute atomic E-state index is 11.2. The van der Waals surface area contributed by atoms with Gasteiger partial charge in [-0.3, -0.25) is 4.79 Å². The molecule has 0 radical (unpaired) electrons. The van der Waals surface area contributed by atoms with Crippen LogP contribution in [-0.4, -0.2) is 15.9 Å². The number of aromatic amines is 1. The molecule has 6 nitrogen and oxygen atoms in total. The molecule has 0 atom stereocenters. The molecule has 0 bridgehead atoms. The van der Waals surface area contributed by atoms with E-state index in [0.29, 0.717) is 28.5 Å². The number of aryl methyl sites for hydroxylation is 1. The summed E-state index contributed by atoms with van der Waals surface area (Å²) in [5.41, 5.74) is 9.67. The van der Waals surface area contributed by atoms with Gasteiger partial charge in [-0.05, 0) is 48.9 Å². The van der Waals surface area contributed by atoms with Crippen LogP contribution in [0.25, 0.3) is 34.0 Å². The fourth-order valence-corrected chi connectivity index (χ4v) is 2.93. The van der Waals surface area contributed by atoms with Crippen molar-refractivity contribution in [3.8, 4) is 17.4 Å². The lowest BCUT2D eigenvalue weighted by atomic mass is 10.1. The Labute approximate surface area is 160 Å². The molecule has 28 heavy (non-hydrogen) atoms. The first-order valence-corrected chi connectivity index (χ1v) is 8.62. The van der Waals surface area contributed by atoms with E-state index in [1.54, 1.807) is 36.4 Å². The number of nitrogens with one attached hydrogen (secondary N) is 1. The minimum atomic E-state index is -0.477. The number of nitrogens with two attached hydrogens (primary N) is 1. The van der Waals surface area contributed by atoms with Gasteiger partial charge in [-0.25, -0.2) is 4.98 Å². The zero-order valence-electron chi connectivity index (χ0n) is 15.1. The number of allylic oxidation sites excluding steroid dienone is 1. The van der Waals surface area contributed by atoms with E-state index in [9.17, 15) is 10.1 Å². The minimum absolute atomic E-state index is 0.374. The molecule has 0 fully saturated rings. The predicted octanol–water partition coefficient (Wildman–Crippen LogP) is 4.29. The lowest BCUT2D eigenvalue weighted by molar-refractivity contribution is 0.100. The number of nitrogens with zero attached hydrogens (tertiary/aromatic N) is 2. The Hall–Kier alpha value is -4.11. The van der Waals surface area contributed by atoms with Crippen molar-refractivity contribution in [2.45, 2.75) is 6.92 Å². The van der Waals surface area contributed by atoms with Gasteiger partial charge >= 0.3 is 0 Å². The second-order valence-electron chi connectivity index (χ2n) is 6.42. The Morgan fingerprint density at radius 3 is 2.68 bits per heavy atom. The van der Waals surface area contributed by atoms with Gasteiger partial charge in [0.2, 0.25) is 5.91 Å². The van der Waals surface area contributed by atoms with E-state index < -0.39 is 5.91 Å². The third-order valence-corrected chi connectivity index (χ3v) is 4.38. The van der Waals surface area contributed by atoms with Crippen molar-refractivity contribution in [2.75, 3.05) is 0 Å². The topological polar surface area (TPSA) is 109 Å². The summed E-state index contributed by atoms with van der Waals surface area (Å²) >= 11 is 0. The third-order valence-electron chi connectivity index (χ3n) is 4.38. The summed E-state index contributed by atoms with van der Waals surface area (Å²) < 4.78 is 5.83. The average molecular weight is 368 g/mol. The van der Waals surface area contributed by atoms with Gasteiger partial charge in [0.15, 0.2) is 0 Å². The van der Waals surface area contributed by atoms with Crippen LogP contribution in [-0.2, 0) is 0 Å². The molecular weight excluding hydrogens is 352 g/mol. The number of nitriles is 1. The quantitative estimate of drug-likeness (QED) is 0.524. The Morgan fingerprint density at radius 1 is 1.18 bits per heavy atom. The van der Waals surface area contributed by atoms with Crippen LogP contribution in [0.4, 0.5) is 0 Å². The van der Waals surface area contributed by atoms with Gasteiger partial charge in [-0.2, -0.15) is 5.26 Å². The summed E-state index contributed by atoms with van der Waals surface area (Å²) in [5, 5.41) is 9.56. The first kappa shape index (κ1) is 17.3. The number of amides is 1. The number of hydrogen-bond donors (Lipinski definition) is 2. The van der Waals surface area contributed by atoms with Gasteiger partial charge in [-0.15, -0.1) is 0 Å². The van der Waals surface area contributed by atoms with Gasteiger partial charge in [0, 0.05) is 17.2 Å². The summed E-state index contributed by atoms with van der Waals surface area (Å²) in [6.45, 7) is 2.00. The molecule has 0 saturated carbocycles. The molecule has 0 spiro atoms. The van der Waals surface area contributed by atoms with Gasteiger partial charge in [-0.1, -0.05) is 18.2 Å². The molecule has 0 unspecified atom stereocenters. The lowest BCUT2D eigenvalue weighted by Gasteiger charge is -1.99. The maximum atomic E-state index is 11.2. The number of benzene rings is 2. The number of imidazole rings is 1. The lowest BCUT2D eigenvalue weighted by Crippen LogP contribution is -2.10. The van der Waals surface area contributed by atoms with E-state index in [1.807, 2.05) is 31.2 Å². The Morgan fingerprint density at radius 2 is 1.96 bits per heavy atom. The van der Waals surface area contributed by atoms with Crippen LogP contribution >= 0.6 is 0 Å². The molecule has 2 heterocycles. The number of primary amides is 1. The van der Waals surface area contributed by atoms with Crippen LogP contribution in [0.2, 0.25) is 0 Å². The van der Waals surface area contributed by atoms with Crippen LogP contribution in [0, 0.1) is 18.3 Å². The van der Waals surface area contributed by atoms with Crippen molar-refractivity contribution in [3.63, 3.8) is 0 Å². The molecule has 0 aliphatic heterocycles. The number of hydrogen-bond acceptors (Lipinski definition) is 4. The first-order chi connectivity index (χ1) is 13.5. The van der Waals surface area contributed by atoms with E-state index in [1.165, 1.54) is 0 Å². The number of furan rings is 1. The summed E-state index contributed by atoms with van der Waals surface area (Å²) in [6, 6.07) is 18.5. The fraction of sp³-hybridized carbons (Fsp3) is 0.0455. The van der Waals surface area contributed by atoms with E-state index in [-0.39, 0.29) is 0 Å². The molecule has 136 valence electrons. The van der Waals surface area contributed by atoms with Crippen molar-refractivity contribution in [3.05, 3.63) is 77.3 Å². The normalized spacial score (nSPS) is 11.5. The second-order valence-corrected chi connectivity index (χ2v) is 6.42. The third kappa shape index (κ3) is 3.29. The van der Waals surface area contributed by atoms with Crippen LogP contribution < -0.4 is 5.73 Å². The molecule has 0 aliphatic rings. The summed E-state index contributed by atoms with van der Waals surface area (Å²) in [4.78, 5) is 18.8. The highest BCUT2D eigenvalue weighted by Gasteiger charge is 2.10. The average Bonchev–Trinajstić information content (AvgIpc) is 3.32. The molecule has 3 N–H and O–H groups in total. The highest BCUT2D eigenvalue weighted by Crippen LogP contribution is 2.26. The highest BCUT2D eigenvalue weighted by molar-refractivity contribution is 5.93. The van der Waals surface area contributed by atoms with Crippen molar-refractivity contribution in [1.82, 2.24) is 9.97 Å². The minimum Gasteiger partial charge on any atom is -0.457 e. The van der Waals surface area contributed by atoms with Gasteiger partial charge in [0.25, 0.3) is 0 Å². The number of fused-ring (bicyclic) bond motifs is 1. The van der Waals surface area contributed by atoms with E-state index in [0.717, 1.165) is 22.2 Å². The molecule has 2 aromatic heterocycles. The first-order valence-electron chi connectivity index (χ1n) is 8.62. The molecule has 4 aromatic rings. The number of H-pyrrole nitrogens is 1. The highest BCUT2D eigenvalue weighted by atomic mass is 16.3.